The predicted octanol–water partition coefficient (Wildman–Crippen LogP) is 2.48. The zero-order valence-electron chi connectivity index (χ0n) is 16.1. The van der Waals surface area contributed by atoms with Gasteiger partial charge in [0.2, 0.25) is 0 Å². The Kier molecular flexibility index (Phi) is 4.41. The molecule has 1 aromatic carbocycles. The van der Waals surface area contributed by atoms with Crippen LogP contribution in [-0.2, 0) is 20.7 Å². The van der Waals surface area contributed by atoms with E-state index in [1.807, 2.05) is 39.0 Å². The second-order valence-corrected chi connectivity index (χ2v) is 7.87. The number of amides is 1. The Morgan fingerprint density at radius 3 is 2.38 bits per heavy atom. The van der Waals surface area contributed by atoms with Gasteiger partial charge in [-0.05, 0) is 43.9 Å². The summed E-state index contributed by atoms with van der Waals surface area (Å²) in [6.07, 6.45) is 1.90. The molecule has 1 saturated carbocycles. The molecule has 6 nitrogen and oxygen atoms in total. The average Bonchev–Trinajstić information content (AvgIpc) is 2.91. The third-order valence-corrected chi connectivity index (χ3v) is 6.60. The molecule has 2 fully saturated rings. The number of esters is 1. The number of hydrogen-bond acceptors (Lipinski definition) is 5. The summed E-state index contributed by atoms with van der Waals surface area (Å²) in [5.74, 6) is 0.873. The fourth-order valence-electron chi connectivity index (χ4n) is 4.25. The average molecular weight is 361 g/mol. The van der Waals surface area contributed by atoms with Crippen LogP contribution < -0.4 is 14.8 Å². The van der Waals surface area contributed by atoms with Gasteiger partial charge in [-0.1, -0.05) is 19.9 Å². The molecule has 1 heterocycles. The minimum Gasteiger partial charge on any atom is -0.493 e. The van der Waals surface area contributed by atoms with Gasteiger partial charge in [0.1, 0.15) is 0 Å². The highest BCUT2D eigenvalue weighted by atomic mass is 16.6. The fraction of sp³-hybridized carbons (Fsp3) is 0.600. The lowest BCUT2D eigenvalue weighted by Gasteiger charge is -2.35. The van der Waals surface area contributed by atoms with E-state index < -0.39 is 16.4 Å². The first-order valence-corrected chi connectivity index (χ1v) is 8.94. The van der Waals surface area contributed by atoms with Gasteiger partial charge in [-0.15, -0.1) is 0 Å². The molecule has 2 aliphatic rings. The maximum atomic E-state index is 12.9. The highest BCUT2D eigenvalue weighted by Crippen LogP contribution is 2.65. The van der Waals surface area contributed by atoms with Crippen molar-refractivity contribution >= 4 is 11.9 Å². The van der Waals surface area contributed by atoms with Crippen molar-refractivity contribution in [2.45, 2.75) is 45.6 Å². The summed E-state index contributed by atoms with van der Waals surface area (Å²) in [6, 6.07) is 5.69. The number of methoxy groups -OCH3 is 2. The SMILES string of the molecule is COc1ccc(CCNC(=O)[C@]23CC[C@@](C)(C(=O)O2)C3(C)C)cc1OC. The van der Waals surface area contributed by atoms with Gasteiger partial charge in [0.15, 0.2) is 17.1 Å². The Hall–Kier alpha value is -2.24. The normalized spacial score (nSPS) is 28.6. The maximum Gasteiger partial charge on any atom is 0.313 e. The smallest absolute Gasteiger partial charge is 0.313 e. The quantitative estimate of drug-likeness (QED) is 0.788. The van der Waals surface area contributed by atoms with Crippen LogP contribution in [0.4, 0.5) is 0 Å². The van der Waals surface area contributed by atoms with E-state index in [-0.39, 0.29) is 11.9 Å². The first-order chi connectivity index (χ1) is 12.2. The summed E-state index contributed by atoms with van der Waals surface area (Å²) >= 11 is 0. The summed E-state index contributed by atoms with van der Waals surface area (Å²) in [5, 5.41) is 2.96. The van der Waals surface area contributed by atoms with Crippen molar-refractivity contribution < 1.29 is 23.8 Å². The molecule has 2 bridgehead atoms. The minimum absolute atomic E-state index is 0.197. The molecule has 1 N–H and O–H groups in total. The molecule has 0 aromatic heterocycles. The Bertz CT molecular complexity index is 744. The van der Waals surface area contributed by atoms with Crippen molar-refractivity contribution in [1.29, 1.82) is 0 Å². The fourth-order valence-corrected chi connectivity index (χ4v) is 4.25. The van der Waals surface area contributed by atoms with Gasteiger partial charge in [0.25, 0.3) is 5.91 Å². The molecule has 1 aliphatic heterocycles. The summed E-state index contributed by atoms with van der Waals surface area (Å²) in [5.41, 5.74) is -1.14. The number of fused-ring (bicyclic) bond motifs is 2. The number of ether oxygens (including phenoxy) is 3. The lowest BCUT2D eigenvalue weighted by Crippen LogP contribution is -2.53. The summed E-state index contributed by atoms with van der Waals surface area (Å²) in [4.78, 5) is 25.2. The largest absolute Gasteiger partial charge is 0.493 e. The van der Waals surface area contributed by atoms with Crippen LogP contribution in [0.1, 0.15) is 39.2 Å². The number of nitrogens with one attached hydrogen (secondary N) is 1. The van der Waals surface area contributed by atoms with Crippen LogP contribution in [0, 0.1) is 10.8 Å². The second-order valence-electron chi connectivity index (χ2n) is 7.87. The lowest BCUT2D eigenvalue weighted by molar-refractivity contribution is -0.168. The number of carbonyl (C=O) groups excluding carboxylic acids is 2. The number of benzene rings is 1. The van der Waals surface area contributed by atoms with Crippen LogP contribution in [0.25, 0.3) is 0 Å². The summed E-state index contributed by atoms with van der Waals surface area (Å²) in [6.45, 7) is 6.28. The molecule has 142 valence electrons. The van der Waals surface area contributed by atoms with Crippen molar-refractivity contribution in [1.82, 2.24) is 5.32 Å². The van der Waals surface area contributed by atoms with Crippen LogP contribution in [0.5, 0.6) is 11.5 Å². The van der Waals surface area contributed by atoms with Gasteiger partial charge >= 0.3 is 5.97 Å². The topological polar surface area (TPSA) is 73.9 Å². The minimum atomic E-state index is -1.06. The van der Waals surface area contributed by atoms with E-state index in [1.165, 1.54) is 0 Å². The molecular weight excluding hydrogens is 334 g/mol. The van der Waals surface area contributed by atoms with Gasteiger partial charge in [0.05, 0.1) is 19.6 Å². The van der Waals surface area contributed by atoms with Gasteiger partial charge < -0.3 is 19.5 Å². The monoisotopic (exact) mass is 361 g/mol. The first-order valence-electron chi connectivity index (χ1n) is 8.94. The van der Waals surface area contributed by atoms with Crippen molar-refractivity contribution in [3.8, 4) is 11.5 Å². The second kappa shape index (κ2) is 6.18. The van der Waals surface area contributed by atoms with E-state index in [1.54, 1.807) is 14.2 Å². The molecular formula is C20H27NO5. The van der Waals surface area contributed by atoms with Crippen LogP contribution in [0.15, 0.2) is 18.2 Å². The molecule has 2 atom stereocenters. The molecule has 3 rings (SSSR count). The van der Waals surface area contributed by atoms with Crippen LogP contribution >= 0.6 is 0 Å². The predicted molar refractivity (Wildman–Crippen MR) is 96.2 cm³/mol. The zero-order valence-corrected chi connectivity index (χ0v) is 16.1. The molecule has 26 heavy (non-hydrogen) atoms. The molecule has 1 aliphatic carbocycles. The maximum absolute atomic E-state index is 12.9. The van der Waals surface area contributed by atoms with Gasteiger partial charge in [-0.25, -0.2) is 0 Å². The van der Waals surface area contributed by atoms with Crippen molar-refractivity contribution in [3.63, 3.8) is 0 Å². The molecule has 6 heteroatoms. The number of rotatable bonds is 6. The summed E-state index contributed by atoms with van der Waals surface area (Å²) in [7, 11) is 3.19. The van der Waals surface area contributed by atoms with Crippen LogP contribution in [0.3, 0.4) is 0 Å². The van der Waals surface area contributed by atoms with Gasteiger partial charge in [-0.2, -0.15) is 0 Å². The molecule has 1 saturated heterocycles. The van der Waals surface area contributed by atoms with E-state index in [2.05, 4.69) is 5.32 Å². The highest BCUT2D eigenvalue weighted by Gasteiger charge is 2.75. The van der Waals surface area contributed by atoms with Crippen molar-refractivity contribution in [2.75, 3.05) is 20.8 Å². The Labute approximate surface area is 154 Å². The third kappa shape index (κ3) is 2.38. The van der Waals surface area contributed by atoms with Crippen molar-refractivity contribution in [3.05, 3.63) is 23.8 Å². The molecule has 0 unspecified atom stereocenters. The molecule has 0 radical (unpaired) electrons. The highest BCUT2D eigenvalue weighted by molar-refractivity contribution is 5.96. The summed E-state index contributed by atoms with van der Waals surface area (Å²) < 4.78 is 16.1. The van der Waals surface area contributed by atoms with E-state index >= 15 is 0 Å². The van der Waals surface area contributed by atoms with E-state index in [4.69, 9.17) is 14.2 Å². The van der Waals surface area contributed by atoms with Crippen molar-refractivity contribution in [2.24, 2.45) is 10.8 Å². The van der Waals surface area contributed by atoms with E-state index in [9.17, 15) is 9.59 Å². The van der Waals surface area contributed by atoms with Crippen LogP contribution in [-0.4, -0.2) is 38.2 Å². The van der Waals surface area contributed by atoms with E-state index in [0.29, 0.717) is 37.3 Å². The molecule has 1 aromatic rings. The number of carbonyl (C=O) groups is 2. The standard InChI is InChI=1S/C20H27NO5/c1-18(2)19(3)9-10-20(18,26-17(19)23)16(22)21-11-8-13-6-7-14(24-4)15(12-13)25-5/h6-7,12H,8-11H2,1-5H3,(H,21,22)/t19-,20-/m0/s1. The first kappa shape index (κ1) is 18.5. The lowest BCUT2D eigenvalue weighted by atomic mass is 9.66. The molecule has 1 amide bonds. The van der Waals surface area contributed by atoms with Crippen LogP contribution in [0.2, 0.25) is 0 Å². The number of hydrogen-bond donors (Lipinski definition) is 1. The Balaban J connectivity index is 1.66. The van der Waals surface area contributed by atoms with Gasteiger partial charge in [-0.3, -0.25) is 9.59 Å². The van der Waals surface area contributed by atoms with E-state index in [0.717, 1.165) is 5.56 Å². The zero-order chi connectivity index (χ0) is 19.2. The molecule has 0 spiro atoms. The Morgan fingerprint density at radius 2 is 1.85 bits per heavy atom. The van der Waals surface area contributed by atoms with Gasteiger partial charge in [0, 0.05) is 12.0 Å². The Morgan fingerprint density at radius 1 is 1.15 bits per heavy atom. The third-order valence-electron chi connectivity index (χ3n) is 6.60.